The van der Waals surface area contributed by atoms with E-state index in [-0.39, 0.29) is 0 Å². The first-order valence-electron chi connectivity index (χ1n) is 18.4. The zero-order valence-electron chi connectivity index (χ0n) is 29.6. The Labute approximate surface area is 314 Å². The minimum Gasteiger partial charge on any atom is -0.455 e. The number of hydrogen-bond acceptors (Lipinski definition) is 2. The molecule has 54 heavy (non-hydrogen) atoms. The Morgan fingerprint density at radius 1 is 0.315 bits per heavy atom. The van der Waals surface area contributed by atoms with E-state index in [0.29, 0.717) is 0 Å². The molecular weight excluding hydrogens is 655 g/mol. The standard InChI is InChI=1S/C52H35NO/c1-4-13-36(14-5-1)39-23-25-42(26-24-39)47-35-48-51-49(21-12-22-50(51)54-52(48)46-20-11-10-19-45(46)47)53(43-31-27-40(28-32-43)37-15-6-2-7-16-37)44-33-29-41(30-34-44)38-17-8-3-9-18-38/h1-35H. The molecule has 0 aliphatic rings. The molecule has 0 bridgehead atoms. The SMILES string of the molecule is c1ccc(-c2ccc(-c3cc4c(oc5cccc(N(c6ccc(-c7ccccc7)cc6)c6ccc(-c7ccccc7)cc6)c54)c4ccccc34)cc2)cc1. The van der Waals surface area contributed by atoms with Gasteiger partial charge in [0.15, 0.2) is 0 Å². The average molecular weight is 690 g/mol. The van der Waals surface area contributed by atoms with Gasteiger partial charge in [-0.1, -0.05) is 170 Å². The average Bonchev–Trinajstić information content (AvgIpc) is 3.65. The van der Waals surface area contributed by atoms with E-state index >= 15 is 0 Å². The molecule has 1 aromatic heterocycles. The van der Waals surface area contributed by atoms with Gasteiger partial charge in [-0.05, 0) is 92.4 Å². The molecule has 10 rings (SSSR count). The molecule has 0 unspecified atom stereocenters. The fourth-order valence-electron chi connectivity index (χ4n) is 7.82. The summed E-state index contributed by atoms with van der Waals surface area (Å²) in [7, 11) is 0. The van der Waals surface area contributed by atoms with E-state index in [0.717, 1.165) is 44.4 Å². The first-order chi connectivity index (χ1) is 26.8. The highest BCUT2D eigenvalue weighted by atomic mass is 16.3. The number of benzene rings is 9. The zero-order chi connectivity index (χ0) is 35.8. The molecule has 2 heteroatoms. The van der Waals surface area contributed by atoms with Gasteiger partial charge in [-0.3, -0.25) is 0 Å². The molecule has 0 saturated heterocycles. The number of fused-ring (bicyclic) bond motifs is 5. The molecule has 2 nitrogen and oxygen atoms in total. The third-order valence-electron chi connectivity index (χ3n) is 10.5. The Hall–Kier alpha value is -7.16. The summed E-state index contributed by atoms with van der Waals surface area (Å²) < 4.78 is 6.82. The van der Waals surface area contributed by atoms with Crippen molar-refractivity contribution in [2.45, 2.75) is 0 Å². The lowest BCUT2D eigenvalue weighted by Gasteiger charge is -2.26. The minimum absolute atomic E-state index is 0.857. The van der Waals surface area contributed by atoms with Crippen LogP contribution in [0.1, 0.15) is 0 Å². The molecule has 0 N–H and O–H groups in total. The van der Waals surface area contributed by atoms with Gasteiger partial charge in [0.25, 0.3) is 0 Å². The van der Waals surface area contributed by atoms with Crippen molar-refractivity contribution in [3.63, 3.8) is 0 Å². The first kappa shape index (κ1) is 31.6. The molecule has 0 amide bonds. The van der Waals surface area contributed by atoms with Gasteiger partial charge in [-0.15, -0.1) is 0 Å². The summed E-state index contributed by atoms with van der Waals surface area (Å²) in [6.07, 6.45) is 0. The summed E-state index contributed by atoms with van der Waals surface area (Å²) in [4.78, 5) is 2.37. The van der Waals surface area contributed by atoms with Crippen LogP contribution in [0.4, 0.5) is 17.1 Å². The Morgan fingerprint density at radius 3 is 1.26 bits per heavy atom. The third-order valence-corrected chi connectivity index (χ3v) is 10.5. The van der Waals surface area contributed by atoms with Crippen molar-refractivity contribution in [3.8, 4) is 44.5 Å². The normalized spacial score (nSPS) is 11.3. The van der Waals surface area contributed by atoms with Gasteiger partial charge in [-0.2, -0.15) is 0 Å². The van der Waals surface area contributed by atoms with Crippen molar-refractivity contribution in [1.29, 1.82) is 0 Å². The van der Waals surface area contributed by atoms with E-state index in [1.807, 2.05) is 0 Å². The van der Waals surface area contributed by atoms with Crippen LogP contribution in [0.3, 0.4) is 0 Å². The van der Waals surface area contributed by atoms with Crippen molar-refractivity contribution in [2.75, 3.05) is 4.90 Å². The molecular formula is C52H35NO. The van der Waals surface area contributed by atoms with Crippen LogP contribution in [0.25, 0.3) is 77.2 Å². The lowest BCUT2D eigenvalue weighted by atomic mass is 9.93. The lowest BCUT2D eigenvalue weighted by Crippen LogP contribution is -2.10. The Bertz CT molecular complexity index is 2790. The quantitative estimate of drug-likeness (QED) is 0.166. The molecule has 1 heterocycles. The van der Waals surface area contributed by atoms with E-state index in [1.54, 1.807) is 0 Å². The summed E-state index contributed by atoms with van der Waals surface area (Å²) in [5.41, 5.74) is 14.5. The van der Waals surface area contributed by atoms with Crippen LogP contribution in [0.15, 0.2) is 217 Å². The molecule has 9 aromatic carbocycles. The summed E-state index contributed by atoms with van der Waals surface area (Å²) >= 11 is 0. The highest BCUT2D eigenvalue weighted by Crippen LogP contribution is 2.46. The lowest BCUT2D eigenvalue weighted by molar-refractivity contribution is 0.672. The molecule has 0 radical (unpaired) electrons. The van der Waals surface area contributed by atoms with E-state index in [1.165, 1.54) is 49.9 Å². The smallest absolute Gasteiger partial charge is 0.143 e. The van der Waals surface area contributed by atoms with Crippen LogP contribution in [0.2, 0.25) is 0 Å². The molecule has 254 valence electrons. The van der Waals surface area contributed by atoms with Crippen molar-refractivity contribution in [1.82, 2.24) is 0 Å². The van der Waals surface area contributed by atoms with Crippen molar-refractivity contribution < 1.29 is 4.42 Å². The minimum atomic E-state index is 0.857. The Morgan fingerprint density at radius 2 is 0.741 bits per heavy atom. The monoisotopic (exact) mass is 689 g/mol. The van der Waals surface area contributed by atoms with E-state index in [2.05, 4.69) is 217 Å². The molecule has 0 saturated carbocycles. The number of rotatable bonds is 7. The van der Waals surface area contributed by atoms with Crippen LogP contribution in [0, 0.1) is 0 Å². The second kappa shape index (κ2) is 13.4. The number of anilines is 3. The Balaban J connectivity index is 1.17. The van der Waals surface area contributed by atoms with Crippen LogP contribution in [0.5, 0.6) is 0 Å². The maximum atomic E-state index is 6.82. The number of furan rings is 1. The van der Waals surface area contributed by atoms with Crippen molar-refractivity contribution in [2.24, 2.45) is 0 Å². The van der Waals surface area contributed by atoms with Crippen LogP contribution < -0.4 is 4.90 Å². The van der Waals surface area contributed by atoms with Gasteiger partial charge < -0.3 is 9.32 Å². The highest BCUT2D eigenvalue weighted by molar-refractivity contribution is 6.22. The summed E-state index contributed by atoms with van der Waals surface area (Å²) in [6.45, 7) is 0. The van der Waals surface area contributed by atoms with Crippen LogP contribution in [-0.2, 0) is 0 Å². The van der Waals surface area contributed by atoms with Gasteiger partial charge in [0, 0.05) is 22.1 Å². The third kappa shape index (κ3) is 5.62. The van der Waals surface area contributed by atoms with E-state index in [9.17, 15) is 0 Å². The van der Waals surface area contributed by atoms with Gasteiger partial charge in [0.2, 0.25) is 0 Å². The number of nitrogens with zero attached hydrogens (tertiary/aromatic N) is 1. The van der Waals surface area contributed by atoms with Crippen molar-refractivity contribution in [3.05, 3.63) is 212 Å². The summed E-state index contributed by atoms with van der Waals surface area (Å²) in [5, 5.41) is 4.45. The maximum absolute atomic E-state index is 6.82. The Kier molecular flexibility index (Phi) is 7.85. The van der Waals surface area contributed by atoms with Crippen molar-refractivity contribution >= 4 is 49.8 Å². The largest absolute Gasteiger partial charge is 0.455 e. The maximum Gasteiger partial charge on any atom is 0.143 e. The fraction of sp³-hybridized carbons (Fsp3) is 0. The van der Waals surface area contributed by atoms with E-state index in [4.69, 9.17) is 4.42 Å². The van der Waals surface area contributed by atoms with Gasteiger partial charge in [0.05, 0.1) is 11.1 Å². The fourth-order valence-corrected chi connectivity index (χ4v) is 7.82. The van der Waals surface area contributed by atoms with Gasteiger partial charge >= 0.3 is 0 Å². The van der Waals surface area contributed by atoms with Crippen LogP contribution >= 0.6 is 0 Å². The van der Waals surface area contributed by atoms with Gasteiger partial charge in [-0.25, -0.2) is 0 Å². The predicted octanol–water partition coefficient (Wildman–Crippen LogP) is 14.9. The first-order valence-corrected chi connectivity index (χ1v) is 18.4. The van der Waals surface area contributed by atoms with Gasteiger partial charge in [0.1, 0.15) is 11.2 Å². The molecule has 0 fully saturated rings. The number of hydrogen-bond donors (Lipinski definition) is 0. The second-order valence-corrected chi connectivity index (χ2v) is 13.7. The molecule has 0 spiro atoms. The molecule has 0 aliphatic carbocycles. The molecule has 10 aromatic rings. The second-order valence-electron chi connectivity index (χ2n) is 13.7. The van der Waals surface area contributed by atoms with E-state index < -0.39 is 0 Å². The highest BCUT2D eigenvalue weighted by Gasteiger charge is 2.22. The summed E-state index contributed by atoms with van der Waals surface area (Å²) in [5.74, 6) is 0. The zero-order valence-corrected chi connectivity index (χ0v) is 29.6. The predicted molar refractivity (Wildman–Crippen MR) is 228 cm³/mol. The topological polar surface area (TPSA) is 16.4 Å². The summed E-state index contributed by atoms with van der Waals surface area (Å²) in [6, 6.07) is 75.7. The molecule has 0 aliphatic heterocycles. The molecule has 0 atom stereocenters. The van der Waals surface area contributed by atoms with Crippen LogP contribution in [-0.4, -0.2) is 0 Å².